The molecule has 2 atom stereocenters. The summed E-state index contributed by atoms with van der Waals surface area (Å²) in [5.74, 6) is 1.29. The van der Waals surface area contributed by atoms with Crippen molar-refractivity contribution in [3.63, 3.8) is 0 Å². The van der Waals surface area contributed by atoms with Crippen molar-refractivity contribution in [2.24, 2.45) is 17.0 Å². The van der Waals surface area contributed by atoms with Crippen molar-refractivity contribution in [3.8, 4) is 0 Å². The molecule has 0 aromatic carbocycles. The predicted octanol–water partition coefficient (Wildman–Crippen LogP) is 3.75. The molecule has 0 N–H and O–H groups in total. The summed E-state index contributed by atoms with van der Waals surface area (Å²) >= 11 is 0. The quantitative estimate of drug-likeness (QED) is 0.553. The minimum Gasteiger partial charge on any atom is -0.150 e. The van der Waals surface area contributed by atoms with E-state index in [9.17, 15) is 4.91 Å². The molecule has 76 valence electrons. The number of hydrogen-bond donors (Lipinski definition) is 0. The van der Waals surface area contributed by atoms with Crippen molar-refractivity contribution in [2.45, 2.75) is 58.4 Å². The second kappa shape index (κ2) is 5.36. The van der Waals surface area contributed by atoms with E-state index in [1.54, 1.807) is 0 Å². The van der Waals surface area contributed by atoms with Crippen molar-refractivity contribution in [1.82, 2.24) is 0 Å². The first-order valence-corrected chi connectivity index (χ1v) is 5.67. The Morgan fingerprint density at radius 1 is 1.00 bits per heavy atom. The van der Waals surface area contributed by atoms with Gasteiger partial charge < -0.3 is 0 Å². The minimum atomic E-state index is 0.179. The van der Waals surface area contributed by atoms with Crippen LogP contribution >= 0.6 is 0 Å². The van der Waals surface area contributed by atoms with Crippen molar-refractivity contribution in [1.29, 1.82) is 0 Å². The molecule has 1 aliphatic rings. The van der Waals surface area contributed by atoms with Crippen LogP contribution in [0.4, 0.5) is 0 Å². The fraction of sp³-hybridized carbons (Fsp3) is 1.00. The van der Waals surface area contributed by atoms with Gasteiger partial charge in [0, 0.05) is 0 Å². The molecule has 0 bridgehead atoms. The molecular weight excluding hydrogens is 162 g/mol. The van der Waals surface area contributed by atoms with Crippen LogP contribution in [0.1, 0.15) is 52.4 Å². The Kier molecular flexibility index (Phi) is 4.40. The van der Waals surface area contributed by atoms with Gasteiger partial charge in [-0.15, -0.1) is 0 Å². The van der Waals surface area contributed by atoms with Crippen molar-refractivity contribution in [2.75, 3.05) is 0 Å². The van der Waals surface area contributed by atoms with Crippen LogP contribution in [0.5, 0.6) is 0 Å². The average Bonchev–Trinajstić information content (AvgIpc) is 2.84. The van der Waals surface area contributed by atoms with Gasteiger partial charge in [-0.1, -0.05) is 44.7 Å². The first-order valence-electron chi connectivity index (χ1n) is 5.67. The van der Waals surface area contributed by atoms with Crippen LogP contribution in [0, 0.1) is 16.7 Å². The smallest absolute Gasteiger partial charge is 0.0982 e. The zero-order valence-electron chi connectivity index (χ0n) is 8.83. The van der Waals surface area contributed by atoms with E-state index in [4.69, 9.17) is 0 Å². The molecule has 2 nitrogen and oxygen atoms in total. The molecule has 0 aliphatic heterocycles. The summed E-state index contributed by atoms with van der Waals surface area (Å²) in [6, 6.07) is 0.179. The second-order valence-corrected chi connectivity index (χ2v) is 4.21. The second-order valence-electron chi connectivity index (χ2n) is 4.21. The van der Waals surface area contributed by atoms with E-state index < -0.39 is 0 Å². The molecule has 0 heterocycles. The number of unbranched alkanes of at least 4 members (excludes halogenated alkanes) is 2. The van der Waals surface area contributed by atoms with Gasteiger partial charge in [-0.25, -0.2) is 0 Å². The fourth-order valence-corrected chi connectivity index (χ4v) is 2.23. The largest absolute Gasteiger partial charge is 0.150 e. The van der Waals surface area contributed by atoms with Gasteiger partial charge in [-0.3, -0.25) is 0 Å². The van der Waals surface area contributed by atoms with Gasteiger partial charge >= 0.3 is 0 Å². The molecule has 0 amide bonds. The van der Waals surface area contributed by atoms with E-state index in [1.807, 2.05) is 0 Å². The number of nitrogens with zero attached hydrogens (tertiary/aromatic N) is 1. The van der Waals surface area contributed by atoms with Crippen LogP contribution in [0.2, 0.25) is 0 Å². The zero-order chi connectivity index (χ0) is 9.68. The molecule has 1 rings (SSSR count). The molecule has 0 spiro atoms. The Labute approximate surface area is 81.1 Å². The lowest BCUT2D eigenvalue weighted by molar-refractivity contribution is 0.559. The third-order valence-electron chi connectivity index (χ3n) is 3.19. The standard InChI is InChI=1S/C11H21NO/c1-3-5-7-9-10(8-6-4-2)11(9)12-13/h9-11H,3-8H2,1-2H3. The highest BCUT2D eigenvalue weighted by atomic mass is 16.3. The normalized spacial score (nSPS) is 31.7. The highest BCUT2D eigenvalue weighted by Gasteiger charge is 2.49. The van der Waals surface area contributed by atoms with Gasteiger partial charge in [0.2, 0.25) is 0 Å². The van der Waals surface area contributed by atoms with Crippen LogP contribution in [0.25, 0.3) is 0 Å². The first kappa shape index (κ1) is 10.7. The minimum absolute atomic E-state index is 0.179. The van der Waals surface area contributed by atoms with E-state index in [0.717, 1.165) is 0 Å². The summed E-state index contributed by atoms with van der Waals surface area (Å²) in [5, 5.41) is 3.22. The summed E-state index contributed by atoms with van der Waals surface area (Å²) in [6.07, 6.45) is 7.45. The highest BCUT2D eigenvalue weighted by molar-refractivity contribution is 5.02. The summed E-state index contributed by atoms with van der Waals surface area (Å²) in [6.45, 7) is 4.40. The molecule has 0 aromatic rings. The Balaban J connectivity index is 2.19. The maximum atomic E-state index is 10.5. The highest BCUT2D eigenvalue weighted by Crippen LogP contribution is 2.48. The monoisotopic (exact) mass is 183 g/mol. The van der Waals surface area contributed by atoms with E-state index in [1.165, 1.54) is 38.5 Å². The number of rotatable bonds is 7. The Hall–Kier alpha value is -0.400. The maximum absolute atomic E-state index is 10.5. The fourth-order valence-electron chi connectivity index (χ4n) is 2.23. The molecule has 0 aromatic heterocycles. The van der Waals surface area contributed by atoms with Crippen LogP contribution in [0.3, 0.4) is 0 Å². The molecular formula is C11H21NO. The predicted molar refractivity (Wildman–Crippen MR) is 55.6 cm³/mol. The lowest BCUT2D eigenvalue weighted by Gasteiger charge is -1.96. The van der Waals surface area contributed by atoms with Gasteiger partial charge in [0.25, 0.3) is 0 Å². The van der Waals surface area contributed by atoms with Crippen LogP contribution in [0.15, 0.2) is 5.18 Å². The maximum Gasteiger partial charge on any atom is 0.0982 e. The average molecular weight is 183 g/mol. The SMILES string of the molecule is CCCCC1C(CCCC)C1N=O. The molecule has 13 heavy (non-hydrogen) atoms. The summed E-state index contributed by atoms with van der Waals surface area (Å²) in [5.41, 5.74) is 0. The topological polar surface area (TPSA) is 29.4 Å². The molecule has 1 fully saturated rings. The van der Waals surface area contributed by atoms with Crippen LogP contribution in [-0.4, -0.2) is 6.04 Å². The molecule has 2 unspecified atom stereocenters. The molecule has 1 saturated carbocycles. The lowest BCUT2D eigenvalue weighted by Crippen LogP contribution is -1.83. The summed E-state index contributed by atoms with van der Waals surface area (Å²) in [7, 11) is 0. The van der Waals surface area contributed by atoms with Gasteiger partial charge in [-0.2, -0.15) is 4.91 Å². The van der Waals surface area contributed by atoms with Gasteiger partial charge in [-0.05, 0) is 24.7 Å². The molecule has 0 radical (unpaired) electrons. The van der Waals surface area contributed by atoms with Crippen LogP contribution < -0.4 is 0 Å². The van der Waals surface area contributed by atoms with Crippen LogP contribution in [-0.2, 0) is 0 Å². The number of hydrogen-bond acceptors (Lipinski definition) is 2. The Morgan fingerprint density at radius 3 is 1.77 bits per heavy atom. The Morgan fingerprint density at radius 2 is 1.46 bits per heavy atom. The summed E-state index contributed by atoms with van der Waals surface area (Å²) in [4.78, 5) is 10.5. The molecule has 2 heteroatoms. The van der Waals surface area contributed by atoms with Crippen molar-refractivity contribution in [3.05, 3.63) is 4.91 Å². The van der Waals surface area contributed by atoms with E-state index in [-0.39, 0.29) is 6.04 Å². The molecule has 0 saturated heterocycles. The molecule has 1 aliphatic carbocycles. The lowest BCUT2D eigenvalue weighted by atomic mass is 10.1. The first-order chi connectivity index (χ1) is 6.35. The number of nitroso groups, excluding NO2 is 1. The van der Waals surface area contributed by atoms with Crippen molar-refractivity contribution < 1.29 is 0 Å². The summed E-state index contributed by atoms with van der Waals surface area (Å²) < 4.78 is 0. The van der Waals surface area contributed by atoms with Gasteiger partial charge in [0.05, 0.1) is 6.04 Å². The third-order valence-corrected chi connectivity index (χ3v) is 3.19. The van der Waals surface area contributed by atoms with Gasteiger partial charge in [0.15, 0.2) is 0 Å². The van der Waals surface area contributed by atoms with E-state index >= 15 is 0 Å². The van der Waals surface area contributed by atoms with E-state index in [0.29, 0.717) is 11.8 Å². The third kappa shape index (κ3) is 2.78. The van der Waals surface area contributed by atoms with Gasteiger partial charge in [0.1, 0.15) is 0 Å². The van der Waals surface area contributed by atoms with Crippen molar-refractivity contribution >= 4 is 0 Å². The Bertz CT molecular complexity index is 144. The van der Waals surface area contributed by atoms with E-state index in [2.05, 4.69) is 19.0 Å². The zero-order valence-corrected chi connectivity index (χ0v) is 8.83.